The molecule has 0 saturated carbocycles. The molecule has 1 atom stereocenters. The number of hydrogen-bond donors (Lipinski definition) is 2. The van der Waals surface area contributed by atoms with Crippen LogP contribution in [-0.2, 0) is 4.74 Å². The van der Waals surface area contributed by atoms with E-state index in [0.717, 1.165) is 26.2 Å². The zero-order valence-electron chi connectivity index (χ0n) is 13.3. The topological polar surface area (TPSA) is 78.4 Å². The van der Waals surface area contributed by atoms with Crippen molar-refractivity contribution in [3.63, 3.8) is 0 Å². The Morgan fingerprint density at radius 2 is 1.95 bits per heavy atom. The number of rotatable bonds is 6. The third kappa shape index (κ3) is 4.68. The summed E-state index contributed by atoms with van der Waals surface area (Å²) in [5, 5.41) is 6.37. The smallest absolute Gasteiger partial charge is 0.231 e. The van der Waals surface area contributed by atoms with Crippen molar-refractivity contribution < 1.29 is 4.74 Å². The van der Waals surface area contributed by atoms with Crippen LogP contribution in [0.3, 0.4) is 0 Å². The molecule has 1 saturated heterocycles. The van der Waals surface area contributed by atoms with Gasteiger partial charge >= 0.3 is 0 Å². The molecule has 8 heteroatoms. The molecule has 2 heterocycles. The van der Waals surface area contributed by atoms with Crippen LogP contribution >= 0.6 is 0 Å². The summed E-state index contributed by atoms with van der Waals surface area (Å²) in [4.78, 5) is 17.2. The normalized spacial score (nSPS) is 19.3. The molecule has 0 radical (unpaired) electrons. The molecule has 2 rings (SSSR count). The fourth-order valence-corrected chi connectivity index (χ4v) is 2.08. The Morgan fingerprint density at radius 1 is 1.24 bits per heavy atom. The predicted octanol–water partition coefficient (Wildman–Crippen LogP) is 0.112. The molecule has 2 N–H and O–H groups in total. The van der Waals surface area contributed by atoms with Gasteiger partial charge in [-0.3, -0.25) is 0 Å². The van der Waals surface area contributed by atoms with Gasteiger partial charge in [0.25, 0.3) is 0 Å². The molecule has 1 aromatic rings. The molecule has 118 valence electrons. The highest BCUT2D eigenvalue weighted by atomic mass is 16.5. The fraction of sp³-hybridized carbons (Fsp3) is 0.769. The number of aromatic nitrogens is 3. The zero-order chi connectivity index (χ0) is 15.2. The molecule has 8 nitrogen and oxygen atoms in total. The third-order valence-corrected chi connectivity index (χ3v) is 3.19. The first kappa shape index (κ1) is 15.7. The van der Waals surface area contributed by atoms with Gasteiger partial charge in [-0.15, -0.1) is 0 Å². The molecule has 1 aliphatic rings. The molecule has 1 aromatic heterocycles. The third-order valence-electron chi connectivity index (χ3n) is 3.19. The van der Waals surface area contributed by atoms with Gasteiger partial charge in [0.1, 0.15) is 0 Å². The van der Waals surface area contributed by atoms with Crippen molar-refractivity contribution in [3.8, 4) is 0 Å². The molecule has 0 aromatic carbocycles. The summed E-state index contributed by atoms with van der Waals surface area (Å²) in [6.45, 7) is 6.14. The van der Waals surface area contributed by atoms with E-state index in [1.165, 1.54) is 0 Å². The Morgan fingerprint density at radius 3 is 2.57 bits per heavy atom. The molecule has 0 aliphatic carbocycles. The second kappa shape index (κ2) is 7.37. The van der Waals surface area contributed by atoms with Gasteiger partial charge in [-0.2, -0.15) is 15.0 Å². The van der Waals surface area contributed by atoms with Gasteiger partial charge in [-0.05, 0) is 14.0 Å². The minimum atomic E-state index is 0.158. The summed E-state index contributed by atoms with van der Waals surface area (Å²) < 4.78 is 5.72. The van der Waals surface area contributed by atoms with E-state index in [2.05, 4.69) is 37.5 Å². The Kier molecular flexibility index (Phi) is 5.51. The molecular formula is C13H25N7O. The van der Waals surface area contributed by atoms with Crippen molar-refractivity contribution >= 4 is 17.8 Å². The van der Waals surface area contributed by atoms with Crippen molar-refractivity contribution in [1.82, 2.24) is 19.9 Å². The van der Waals surface area contributed by atoms with E-state index in [0.29, 0.717) is 24.4 Å². The number of ether oxygens (including phenoxy) is 1. The maximum absolute atomic E-state index is 5.72. The summed E-state index contributed by atoms with van der Waals surface area (Å²) in [5.41, 5.74) is 0. The standard InChI is InChI=1S/C13H25N7O/c1-5-14-11-16-12(18-13(17-11)19(2)3)15-8-10-9-20(4)6-7-21-10/h10H,5-9H2,1-4H3,(H2,14,15,16,17,18). The Hall–Kier alpha value is -1.67. The molecule has 21 heavy (non-hydrogen) atoms. The van der Waals surface area contributed by atoms with Crippen molar-refractivity contribution in [2.24, 2.45) is 0 Å². The predicted molar refractivity (Wildman–Crippen MR) is 84.0 cm³/mol. The van der Waals surface area contributed by atoms with E-state index in [-0.39, 0.29) is 6.10 Å². The van der Waals surface area contributed by atoms with Gasteiger partial charge in [-0.25, -0.2) is 0 Å². The van der Waals surface area contributed by atoms with Gasteiger partial charge in [0.05, 0.1) is 12.7 Å². The molecule has 0 amide bonds. The van der Waals surface area contributed by atoms with Crippen LogP contribution in [-0.4, -0.2) is 79.9 Å². The highest BCUT2D eigenvalue weighted by Gasteiger charge is 2.18. The van der Waals surface area contributed by atoms with Gasteiger partial charge in [0.2, 0.25) is 17.8 Å². The lowest BCUT2D eigenvalue weighted by Crippen LogP contribution is -2.43. The molecule has 1 fully saturated rings. The van der Waals surface area contributed by atoms with Crippen LogP contribution in [0.15, 0.2) is 0 Å². The van der Waals surface area contributed by atoms with Crippen LogP contribution in [0.1, 0.15) is 6.92 Å². The Bertz CT molecular complexity index is 454. The highest BCUT2D eigenvalue weighted by molar-refractivity contribution is 5.42. The zero-order valence-corrected chi connectivity index (χ0v) is 13.3. The van der Waals surface area contributed by atoms with E-state index in [1.807, 2.05) is 25.9 Å². The molecule has 0 bridgehead atoms. The molecule has 1 aliphatic heterocycles. The average Bonchev–Trinajstić information content (AvgIpc) is 2.45. The summed E-state index contributed by atoms with van der Waals surface area (Å²) >= 11 is 0. The van der Waals surface area contributed by atoms with Crippen molar-refractivity contribution in [2.75, 3.05) is 69.5 Å². The first-order chi connectivity index (χ1) is 10.1. The van der Waals surface area contributed by atoms with Gasteiger partial charge in [0.15, 0.2) is 0 Å². The number of nitrogens with one attached hydrogen (secondary N) is 2. The second-order valence-electron chi connectivity index (χ2n) is 5.34. The van der Waals surface area contributed by atoms with Crippen LogP contribution in [0.25, 0.3) is 0 Å². The average molecular weight is 295 g/mol. The highest BCUT2D eigenvalue weighted by Crippen LogP contribution is 2.12. The van der Waals surface area contributed by atoms with E-state index in [9.17, 15) is 0 Å². The largest absolute Gasteiger partial charge is 0.374 e. The van der Waals surface area contributed by atoms with Gasteiger partial charge < -0.3 is 25.2 Å². The van der Waals surface area contributed by atoms with E-state index in [1.54, 1.807) is 0 Å². The fourth-order valence-electron chi connectivity index (χ4n) is 2.08. The van der Waals surface area contributed by atoms with Gasteiger partial charge in [-0.1, -0.05) is 0 Å². The minimum Gasteiger partial charge on any atom is -0.374 e. The lowest BCUT2D eigenvalue weighted by Gasteiger charge is -2.30. The van der Waals surface area contributed by atoms with E-state index in [4.69, 9.17) is 4.74 Å². The van der Waals surface area contributed by atoms with Crippen molar-refractivity contribution in [3.05, 3.63) is 0 Å². The number of anilines is 3. The lowest BCUT2D eigenvalue weighted by atomic mass is 10.3. The summed E-state index contributed by atoms with van der Waals surface area (Å²) in [7, 11) is 5.92. The monoisotopic (exact) mass is 295 g/mol. The summed E-state index contributed by atoms with van der Waals surface area (Å²) in [6, 6.07) is 0. The Labute approximate surface area is 125 Å². The molecular weight excluding hydrogens is 270 g/mol. The van der Waals surface area contributed by atoms with E-state index >= 15 is 0 Å². The van der Waals surface area contributed by atoms with E-state index < -0.39 is 0 Å². The van der Waals surface area contributed by atoms with Crippen molar-refractivity contribution in [2.45, 2.75) is 13.0 Å². The van der Waals surface area contributed by atoms with Gasteiger partial charge in [0, 0.05) is 40.3 Å². The number of morpholine rings is 1. The maximum Gasteiger partial charge on any atom is 0.231 e. The van der Waals surface area contributed by atoms with Crippen molar-refractivity contribution in [1.29, 1.82) is 0 Å². The van der Waals surface area contributed by atoms with Crippen LogP contribution < -0.4 is 15.5 Å². The summed E-state index contributed by atoms with van der Waals surface area (Å²) in [6.07, 6.45) is 0.158. The molecule has 1 unspecified atom stereocenters. The lowest BCUT2D eigenvalue weighted by molar-refractivity contribution is -0.0117. The SMILES string of the molecule is CCNc1nc(NCC2CN(C)CCO2)nc(N(C)C)n1. The number of hydrogen-bond acceptors (Lipinski definition) is 8. The van der Waals surface area contributed by atoms with Crippen LogP contribution in [0.4, 0.5) is 17.8 Å². The number of likely N-dealkylation sites (N-methyl/N-ethyl adjacent to an activating group) is 1. The van der Waals surface area contributed by atoms with Crippen LogP contribution in [0, 0.1) is 0 Å². The minimum absolute atomic E-state index is 0.158. The first-order valence-electron chi connectivity index (χ1n) is 7.29. The second-order valence-corrected chi connectivity index (χ2v) is 5.34. The first-order valence-corrected chi connectivity index (χ1v) is 7.29. The Balaban J connectivity index is 2.00. The maximum atomic E-state index is 5.72. The molecule has 0 spiro atoms. The number of nitrogens with zero attached hydrogens (tertiary/aromatic N) is 5. The quantitative estimate of drug-likeness (QED) is 0.766. The summed E-state index contributed by atoms with van der Waals surface area (Å²) in [5.74, 6) is 1.78. The van der Waals surface area contributed by atoms with Crippen LogP contribution in [0.2, 0.25) is 0 Å². The van der Waals surface area contributed by atoms with Crippen LogP contribution in [0.5, 0.6) is 0 Å².